The van der Waals surface area contributed by atoms with E-state index in [-0.39, 0.29) is 23.4 Å². The molecular weight excluding hydrogens is 593 g/mol. The monoisotopic (exact) mass is 637 g/mol. The maximum Gasteiger partial charge on any atom is 0.262 e. The quantitative estimate of drug-likeness (QED) is 0.176. The third kappa shape index (κ3) is 12.0. The molecule has 0 bridgehead atoms. The van der Waals surface area contributed by atoms with Crippen LogP contribution in [0.4, 0.5) is 4.39 Å². The summed E-state index contributed by atoms with van der Waals surface area (Å²) in [5, 5.41) is 30.2. The number of rotatable bonds is 12. The van der Waals surface area contributed by atoms with Crippen molar-refractivity contribution in [1.29, 1.82) is 5.26 Å². The van der Waals surface area contributed by atoms with Crippen molar-refractivity contribution < 1.29 is 33.4 Å². The lowest BCUT2D eigenvalue weighted by Crippen LogP contribution is -2.59. The van der Waals surface area contributed by atoms with Crippen molar-refractivity contribution in [2.45, 2.75) is 85.7 Å². The van der Waals surface area contributed by atoms with Gasteiger partial charge >= 0.3 is 0 Å². The van der Waals surface area contributed by atoms with E-state index in [1.807, 2.05) is 6.07 Å². The number of amides is 4. The number of carbonyl (C=O) groups is 4. The minimum Gasteiger partial charge on any atom is -0.491 e. The zero-order chi connectivity index (χ0) is 34.8. The summed E-state index contributed by atoms with van der Waals surface area (Å²) < 4.78 is 20.3. The lowest BCUT2D eigenvalue weighted by molar-refractivity contribution is -0.137. The van der Waals surface area contributed by atoms with Crippen molar-refractivity contribution >= 4 is 29.7 Å². The van der Waals surface area contributed by atoms with E-state index in [9.17, 15) is 33.9 Å². The maximum absolute atomic E-state index is 14.4. The smallest absolute Gasteiger partial charge is 0.262 e. The Morgan fingerprint density at radius 1 is 1.02 bits per heavy atom. The predicted molar refractivity (Wildman–Crippen MR) is 171 cm³/mol. The van der Waals surface area contributed by atoms with Gasteiger partial charge in [0.1, 0.15) is 41.9 Å². The Hall–Kier alpha value is -4.76. The van der Waals surface area contributed by atoms with E-state index in [1.54, 1.807) is 78.8 Å². The third-order valence-electron chi connectivity index (χ3n) is 6.47. The van der Waals surface area contributed by atoms with Gasteiger partial charge in [0.2, 0.25) is 17.7 Å². The summed E-state index contributed by atoms with van der Waals surface area (Å²) >= 11 is 0. The average molecular weight is 638 g/mol. The van der Waals surface area contributed by atoms with E-state index >= 15 is 0 Å². The van der Waals surface area contributed by atoms with E-state index in [0.29, 0.717) is 11.1 Å². The average Bonchev–Trinajstić information content (AvgIpc) is 2.94. The van der Waals surface area contributed by atoms with Crippen LogP contribution in [0.3, 0.4) is 0 Å². The number of benzene rings is 2. The first-order valence-electron chi connectivity index (χ1n) is 14.8. The molecule has 3 atom stereocenters. The van der Waals surface area contributed by atoms with Gasteiger partial charge in [0.15, 0.2) is 0 Å². The van der Waals surface area contributed by atoms with Crippen molar-refractivity contribution in [2.24, 2.45) is 5.41 Å². The van der Waals surface area contributed by atoms with Gasteiger partial charge in [-0.2, -0.15) is 5.26 Å². The van der Waals surface area contributed by atoms with Crippen molar-refractivity contribution in [2.75, 3.05) is 6.61 Å². The number of hydrogen-bond acceptors (Lipinski definition) is 7. The number of nitriles is 1. The van der Waals surface area contributed by atoms with Crippen LogP contribution in [0.25, 0.3) is 6.08 Å². The molecule has 11 nitrogen and oxygen atoms in total. The van der Waals surface area contributed by atoms with Gasteiger partial charge in [0.25, 0.3) is 5.91 Å². The number of hydrogen-bond donors (Lipinski definition) is 5. The molecule has 1 unspecified atom stereocenters. The minimum absolute atomic E-state index is 0.124. The van der Waals surface area contributed by atoms with Crippen LogP contribution >= 0.6 is 0 Å². The summed E-state index contributed by atoms with van der Waals surface area (Å²) in [6.45, 7) is 12.8. The second kappa shape index (κ2) is 16.0. The minimum atomic E-state index is -1.38. The molecule has 2 aromatic rings. The lowest BCUT2D eigenvalue weighted by Gasteiger charge is -2.27. The summed E-state index contributed by atoms with van der Waals surface area (Å²) in [4.78, 5) is 51.6. The maximum atomic E-state index is 14.4. The second-order valence-electron chi connectivity index (χ2n) is 13.1. The summed E-state index contributed by atoms with van der Waals surface area (Å²) in [5.41, 5.74) is -0.123. The molecule has 0 aliphatic heterocycles. The van der Waals surface area contributed by atoms with Crippen LogP contribution in [0.15, 0.2) is 48.0 Å². The van der Waals surface area contributed by atoms with Crippen LogP contribution < -0.4 is 26.0 Å². The summed E-state index contributed by atoms with van der Waals surface area (Å²) in [6.07, 6.45) is 0.0899. The number of halogens is 1. The first-order valence-corrected chi connectivity index (χ1v) is 14.8. The van der Waals surface area contributed by atoms with E-state index < -0.39 is 65.2 Å². The standard InChI is InChI=1S/C34H44FN5O6/c1-20-12-13-23(26(35)14-20)18-37-30(43)27(38-31(44)28(21(2)41)39-32(45)33(3,4)5)19-46-25-11-9-10-22(16-25)15-24(17-36)29(42)40-34(6,7)8/h9-16,21,27-28,41H,18-19H2,1-8H3,(H,37,43)(H,38,44)(H,39,45)(H,40,42)/t21-,27?,28+/m1/s1. The molecule has 0 fully saturated rings. The Labute approximate surface area is 269 Å². The Kier molecular flexibility index (Phi) is 13.0. The highest BCUT2D eigenvalue weighted by atomic mass is 19.1. The molecule has 0 spiro atoms. The van der Waals surface area contributed by atoms with Gasteiger partial charge in [-0.15, -0.1) is 0 Å². The van der Waals surface area contributed by atoms with E-state index in [2.05, 4.69) is 21.3 Å². The molecule has 0 heterocycles. The summed E-state index contributed by atoms with van der Waals surface area (Å²) in [6, 6.07) is 10.1. The molecular formula is C34H44FN5O6. The summed E-state index contributed by atoms with van der Waals surface area (Å²) in [7, 11) is 0. The van der Waals surface area contributed by atoms with Gasteiger partial charge in [-0.1, -0.05) is 45.0 Å². The van der Waals surface area contributed by atoms with Crippen LogP contribution in [0, 0.1) is 29.5 Å². The van der Waals surface area contributed by atoms with Gasteiger partial charge in [-0.3, -0.25) is 19.2 Å². The molecule has 4 amide bonds. The van der Waals surface area contributed by atoms with Crippen LogP contribution in [0.2, 0.25) is 0 Å². The van der Waals surface area contributed by atoms with Crippen molar-refractivity contribution in [1.82, 2.24) is 21.3 Å². The van der Waals surface area contributed by atoms with Crippen LogP contribution in [-0.2, 0) is 25.7 Å². The van der Waals surface area contributed by atoms with E-state index in [0.717, 1.165) is 0 Å². The zero-order valence-corrected chi connectivity index (χ0v) is 27.6. The summed E-state index contributed by atoms with van der Waals surface area (Å²) in [5.74, 6) is -2.82. The number of carbonyl (C=O) groups excluding carboxylic acids is 4. The van der Waals surface area contributed by atoms with Gasteiger partial charge in [-0.25, -0.2) is 4.39 Å². The van der Waals surface area contributed by atoms with Crippen LogP contribution in [0.1, 0.15) is 65.2 Å². The fourth-order valence-corrected chi connectivity index (χ4v) is 3.91. The third-order valence-corrected chi connectivity index (χ3v) is 6.47. The molecule has 0 aliphatic carbocycles. The van der Waals surface area contributed by atoms with Crippen LogP contribution in [-0.4, -0.2) is 59.1 Å². The highest BCUT2D eigenvalue weighted by molar-refractivity contribution is 6.02. The van der Waals surface area contributed by atoms with Crippen molar-refractivity contribution in [3.8, 4) is 11.8 Å². The van der Waals surface area contributed by atoms with E-state index in [1.165, 1.54) is 25.1 Å². The Balaban J connectivity index is 2.30. The van der Waals surface area contributed by atoms with E-state index in [4.69, 9.17) is 4.74 Å². The molecule has 0 radical (unpaired) electrons. The van der Waals surface area contributed by atoms with Crippen molar-refractivity contribution in [3.63, 3.8) is 0 Å². The zero-order valence-electron chi connectivity index (χ0n) is 27.6. The molecule has 2 aromatic carbocycles. The number of nitrogens with zero attached hydrogens (tertiary/aromatic N) is 1. The molecule has 0 aromatic heterocycles. The fraction of sp³-hybridized carbons (Fsp3) is 0.441. The highest BCUT2D eigenvalue weighted by Gasteiger charge is 2.33. The predicted octanol–water partition coefficient (Wildman–Crippen LogP) is 3.05. The SMILES string of the molecule is Cc1ccc(CNC(=O)C(COc2cccc(C=C(C#N)C(=O)NC(C)(C)C)c2)NC(=O)[C@@H](NC(=O)C(C)(C)C)[C@@H](C)O)c(F)c1. The van der Waals surface area contributed by atoms with Gasteiger partial charge in [0, 0.05) is 23.1 Å². The number of ether oxygens (including phenoxy) is 1. The molecule has 46 heavy (non-hydrogen) atoms. The molecule has 0 saturated carbocycles. The second-order valence-corrected chi connectivity index (χ2v) is 13.1. The van der Waals surface area contributed by atoms with Crippen molar-refractivity contribution in [3.05, 3.63) is 70.5 Å². The number of aliphatic hydroxyl groups excluding tert-OH is 1. The van der Waals surface area contributed by atoms with Crippen LogP contribution in [0.5, 0.6) is 5.75 Å². The Morgan fingerprint density at radius 2 is 1.70 bits per heavy atom. The number of aryl methyl sites for hydroxylation is 1. The molecule has 248 valence electrons. The molecule has 0 aliphatic rings. The lowest BCUT2D eigenvalue weighted by atomic mass is 9.94. The Bertz CT molecular complexity index is 1500. The molecule has 12 heteroatoms. The van der Waals surface area contributed by atoms with Gasteiger partial charge in [-0.05, 0) is 70.0 Å². The normalized spacial score (nSPS) is 13.8. The highest BCUT2D eigenvalue weighted by Crippen LogP contribution is 2.18. The molecule has 2 rings (SSSR count). The number of aliphatic hydroxyl groups is 1. The first-order chi connectivity index (χ1) is 21.3. The largest absolute Gasteiger partial charge is 0.491 e. The van der Waals surface area contributed by atoms with Gasteiger partial charge in [0.05, 0.1) is 6.10 Å². The van der Waals surface area contributed by atoms with Gasteiger partial charge < -0.3 is 31.1 Å². The first kappa shape index (κ1) is 37.4. The Morgan fingerprint density at radius 3 is 2.26 bits per heavy atom. The number of nitrogens with one attached hydrogen (secondary N) is 4. The topological polar surface area (TPSA) is 170 Å². The molecule has 0 saturated heterocycles. The molecule has 5 N–H and O–H groups in total. The fourth-order valence-electron chi connectivity index (χ4n) is 3.91.